The number of ether oxygens (including phenoxy) is 1. The number of alkyl halides is 6. The van der Waals surface area contributed by atoms with Gasteiger partial charge in [-0.2, -0.15) is 31.4 Å². The van der Waals surface area contributed by atoms with Crippen LogP contribution in [0, 0.1) is 0 Å². The number of nitrogens with zero attached hydrogens (tertiary/aromatic N) is 3. The van der Waals surface area contributed by atoms with Gasteiger partial charge in [0.2, 0.25) is 0 Å². The van der Waals surface area contributed by atoms with Crippen LogP contribution in [-0.4, -0.2) is 21.9 Å². The van der Waals surface area contributed by atoms with Gasteiger partial charge in [0, 0.05) is 7.11 Å². The summed E-state index contributed by atoms with van der Waals surface area (Å²) < 4.78 is 85.2. The second-order valence-electron chi connectivity index (χ2n) is 6.64. The molecule has 0 aliphatic heterocycles. The van der Waals surface area contributed by atoms with Crippen molar-refractivity contribution in [3.63, 3.8) is 0 Å². The van der Waals surface area contributed by atoms with E-state index in [1.54, 1.807) is 6.92 Å². The molecule has 1 atom stereocenters. The van der Waals surface area contributed by atoms with Gasteiger partial charge in [0.1, 0.15) is 18.3 Å². The van der Waals surface area contributed by atoms with Crippen LogP contribution < -0.4 is 0 Å². The van der Waals surface area contributed by atoms with E-state index < -0.39 is 35.1 Å². The molecule has 3 aromatic rings. The van der Waals surface area contributed by atoms with Crippen LogP contribution in [0.3, 0.4) is 0 Å². The second-order valence-corrected chi connectivity index (χ2v) is 6.64. The number of aromatic nitrogens is 3. The van der Waals surface area contributed by atoms with E-state index in [4.69, 9.17) is 4.74 Å². The highest BCUT2D eigenvalue weighted by Gasteiger charge is 2.43. The molecule has 0 spiro atoms. The van der Waals surface area contributed by atoms with E-state index in [-0.39, 0.29) is 0 Å². The van der Waals surface area contributed by atoms with Crippen molar-refractivity contribution in [2.75, 3.05) is 7.11 Å². The molecule has 10 heteroatoms. The van der Waals surface area contributed by atoms with Gasteiger partial charge in [-0.05, 0) is 42.3 Å². The Morgan fingerprint density at radius 2 is 1.17 bits per heavy atom. The van der Waals surface area contributed by atoms with Gasteiger partial charge in [-0.1, -0.05) is 24.3 Å². The summed E-state index contributed by atoms with van der Waals surface area (Å²) in [7, 11) is 1.34. The predicted molar refractivity (Wildman–Crippen MR) is 95.4 cm³/mol. The molecular weight excluding hydrogens is 412 g/mol. The zero-order valence-electron chi connectivity index (χ0n) is 15.9. The zero-order chi connectivity index (χ0) is 22.2. The third kappa shape index (κ3) is 3.91. The lowest BCUT2D eigenvalue weighted by Gasteiger charge is -2.39. The maximum atomic E-state index is 13.0. The van der Waals surface area contributed by atoms with Gasteiger partial charge in [0.05, 0.1) is 17.2 Å². The number of rotatable bonds is 5. The van der Waals surface area contributed by atoms with Crippen LogP contribution in [0.4, 0.5) is 26.3 Å². The molecule has 1 aromatic heterocycles. The van der Waals surface area contributed by atoms with Gasteiger partial charge in [-0.15, -0.1) is 0 Å². The van der Waals surface area contributed by atoms with E-state index in [9.17, 15) is 26.3 Å². The first-order valence-corrected chi connectivity index (χ1v) is 8.75. The van der Waals surface area contributed by atoms with Crippen LogP contribution in [0.15, 0.2) is 61.2 Å². The van der Waals surface area contributed by atoms with Crippen LogP contribution in [0.5, 0.6) is 0 Å². The molecular formula is C20H17F6N3O. The van der Waals surface area contributed by atoms with E-state index in [0.717, 1.165) is 24.3 Å². The van der Waals surface area contributed by atoms with Gasteiger partial charge in [0.15, 0.2) is 0 Å². The standard InChI is InChI=1S/C20H17F6N3O/c1-13(29-12-27-11-28-29)18(30-2,14-3-7-16(8-4-14)19(21,22)23)15-5-9-17(10-6-15)20(24,25)26/h3-13H,1-2H3. The van der Waals surface area contributed by atoms with Crippen LogP contribution in [0.2, 0.25) is 0 Å². The molecule has 2 aromatic carbocycles. The Kier molecular flexibility index (Phi) is 5.64. The summed E-state index contributed by atoms with van der Waals surface area (Å²) in [5.41, 5.74) is -2.49. The van der Waals surface area contributed by atoms with Gasteiger partial charge >= 0.3 is 12.4 Å². The highest BCUT2D eigenvalue weighted by Crippen LogP contribution is 2.44. The molecule has 160 valence electrons. The smallest absolute Gasteiger partial charge is 0.367 e. The monoisotopic (exact) mass is 429 g/mol. The molecule has 0 N–H and O–H groups in total. The van der Waals surface area contributed by atoms with Crippen LogP contribution >= 0.6 is 0 Å². The molecule has 0 bridgehead atoms. The molecule has 0 saturated carbocycles. The average molecular weight is 429 g/mol. The van der Waals surface area contributed by atoms with E-state index in [1.165, 1.54) is 48.7 Å². The van der Waals surface area contributed by atoms with E-state index in [2.05, 4.69) is 10.1 Å². The van der Waals surface area contributed by atoms with Crippen molar-refractivity contribution in [2.45, 2.75) is 30.9 Å². The fraction of sp³-hybridized carbons (Fsp3) is 0.300. The second kappa shape index (κ2) is 7.75. The minimum atomic E-state index is -4.53. The molecule has 30 heavy (non-hydrogen) atoms. The summed E-state index contributed by atoms with van der Waals surface area (Å²) in [5, 5.41) is 4.06. The molecule has 0 aliphatic carbocycles. The number of halogens is 6. The van der Waals surface area contributed by atoms with Crippen LogP contribution in [0.25, 0.3) is 0 Å². The maximum absolute atomic E-state index is 13.0. The van der Waals surface area contributed by atoms with Crippen molar-refractivity contribution >= 4 is 0 Å². The number of benzene rings is 2. The van der Waals surface area contributed by atoms with E-state index >= 15 is 0 Å². The molecule has 4 nitrogen and oxygen atoms in total. The average Bonchev–Trinajstić information content (AvgIpc) is 3.23. The SMILES string of the molecule is COC(c1ccc(C(F)(F)F)cc1)(c1ccc(C(F)(F)F)cc1)C(C)n1cncn1. The third-order valence-electron chi connectivity index (χ3n) is 5.03. The first kappa shape index (κ1) is 21.8. The Hall–Kier alpha value is -2.88. The minimum Gasteiger partial charge on any atom is -0.367 e. The third-order valence-corrected chi connectivity index (χ3v) is 5.03. The van der Waals surface area contributed by atoms with E-state index in [0.29, 0.717) is 11.1 Å². The van der Waals surface area contributed by atoms with Crippen molar-refractivity contribution in [2.24, 2.45) is 0 Å². The van der Waals surface area contributed by atoms with Gasteiger partial charge < -0.3 is 4.74 Å². The van der Waals surface area contributed by atoms with E-state index in [1.807, 2.05) is 0 Å². The number of hydrogen-bond acceptors (Lipinski definition) is 3. The van der Waals surface area contributed by atoms with Crippen molar-refractivity contribution in [3.8, 4) is 0 Å². The van der Waals surface area contributed by atoms with Crippen molar-refractivity contribution in [3.05, 3.63) is 83.4 Å². The highest BCUT2D eigenvalue weighted by molar-refractivity contribution is 5.41. The van der Waals surface area contributed by atoms with Gasteiger partial charge in [0.25, 0.3) is 0 Å². The molecule has 0 aliphatic rings. The summed E-state index contributed by atoms with van der Waals surface area (Å²) in [6.07, 6.45) is -6.39. The summed E-state index contributed by atoms with van der Waals surface area (Å²) in [6.45, 7) is 1.69. The molecule has 0 saturated heterocycles. The fourth-order valence-electron chi connectivity index (χ4n) is 3.47. The normalized spacial score (nSPS) is 14.0. The lowest BCUT2D eigenvalue weighted by molar-refractivity contribution is -0.138. The Morgan fingerprint density at radius 1 is 0.767 bits per heavy atom. The van der Waals surface area contributed by atoms with Crippen molar-refractivity contribution < 1.29 is 31.1 Å². The summed E-state index contributed by atoms with van der Waals surface area (Å²) in [5.74, 6) is 0. The summed E-state index contributed by atoms with van der Waals surface area (Å²) >= 11 is 0. The first-order valence-electron chi connectivity index (χ1n) is 8.75. The quantitative estimate of drug-likeness (QED) is 0.505. The summed E-state index contributed by atoms with van der Waals surface area (Å²) in [4.78, 5) is 3.87. The lowest BCUT2D eigenvalue weighted by atomic mass is 9.80. The molecule has 0 fully saturated rings. The molecule has 0 radical (unpaired) electrons. The molecule has 0 amide bonds. The largest absolute Gasteiger partial charge is 0.416 e. The Morgan fingerprint density at radius 3 is 1.47 bits per heavy atom. The van der Waals surface area contributed by atoms with Gasteiger partial charge in [-0.25, -0.2) is 9.67 Å². The van der Waals surface area contributed by atoms with Crippen molar-refractivity contribution in [1.29, 1.82) is 0 Å². The summed E-state index contributed by atoms with van der Waals surface area (Å²) in [6, 6.07) is 7.95. The Bertz CT molecular complexity index is 906. The Balaban J connectivity index is 2.18. The number of hydrogen-bond donors (Lipinski definition) is 0. The lowest BCUT2D eigenvalue weighted by Crippen LogP contribution is -2.39. The van der Waals surface area contributed by atoms with Gasteiger partial charge in [-0.3, -0.25) is 0 Å². The topological polar surface area (TPSA) is 39.9 Å². The van der Waals surface area contributed by atoms with Crippen LogP contribution in [-0.2, 0) is 22.7 Å². The molecule has 3 rings (SSSR count). The fourth-order valence-corrected chi connectivity index (χ4v) is 3.47. The minimum absolute atomic E-state index is 0.320. The van der Waals surface area contributed by atoms with Crippen molar-refractivity contribution in [1.82, 2.24) is 14.8 Å². The molecule has 1 heterocycles. The zero-order valence-corrected chi connectivity index (χ0v) is 15.9. The predicted octanol–water partition coefficient (Wildman–Crippen LogP) is 5.47. The van der Waals surface area contributed by atoms with Crippen LogP contribution in [0.1, 0.15) is 35.2 Å². The maximum Gasteiger partial charge on any atom is 0.416 e. The molecule has 1 unspecified atom stereocenters. The first-order chi connectivity index (χ1) is 14.0. The number of methoxy groups -OCH3 is 1. The Labute approximate surface area is 168 Å². The highest BCUT2D eigenvalue weighted by atomic mass is 19.4.